The van der Waals surface area contributed by atoms with Crippen molar-refractivity contribution in [3.8, 4) is 11.6 Å². The minimum Gasteiger partial charge on any atom is -0.461 e. The van der Waals surface area contributed by atoms with E-state index in [0.717, 1.165) is 45.0 Å². The van der Waals surface area contributed by atoms with E-state index < -0.39 is 0 Å². The standard InChI is InChI=1S/C23H27N7O/c24-23-26-20(17-21-25-22(27-30(21)23)19-10-6-16-31-19)29-14-12-28(13-15-29)11-5-4-9-18-7-2-1-3-8-18/h1-3,6-8,10,16-17H,4-5,9,11-15H2,(H2,24,26). The molecule has 0 aliphatic carbocycles. The Hall–Kier alpha value is -3.39. The van der Waals surface area contributed by atoms with Crippen molar-refractivity contribution in [3.63, 3.8) is 0 Å². The molecule has 8 heteroatoms. The first-order valence-corrected chi connectivity index (χ1v) is 10.8. The third kappa shape index (κ3) is 4.39. The average molecular weight is 418 g/mol. The molecule has 0 bridgehead atoms. The monoisotopic (exact) mass is 417 g/mol. The van der Waals surface area contributed by atoms with Gasteiger partial charge in [-0.15, -0.1) is 5.10 Å². The SMILES string of the molecule is Nc1nc(N2CCN(CCCCc3ccccc3)CC2)cc2nc(-c3ccco3)nn12. The maximum atomic E-state index is 6.17. The van der Waals surface area contributed by atoms with Gasteiger partial charge in [0.1, 0.15) is 5.82 Å². The molecule has 0 atom stereocenters. The zero-order chi connectivity index (χ0) is 21.0. The van der Waals surface area contributed by atoms with Crippen LogP contribution < -0.4 is 10.6 Å². The zero-order valence-electron chi connectivity index (χ0n) is 17.5. The van der Waals surface area contributed by atoms with E-state index in [1.807, 2.05) is 18.2 Å². The lowest BCUT2D eigenvalue weighted by atomic mass is 10.1. The van der Waals surface area contributed by atoms with Crippen LogP contribution in [0.5, 0.6) is 0 Å². The van der Waals surface area contributed by atoms with Crippen molar-refractivity contribution in [2.24, 2.45) is 0 Å². The average Bonchev–Trinajstić information content (AvgIpc) is 3.48. The van der Waals surface area contributed by atoms with Crippen molar-refractivity contribution < 1.29 is 4.42 Å². The van der Waals surface area contributed by atoms with Gasteiger partial charge in [0.25, 0.3) is 0 Å². The molecule has 0 radical (unpaired) electrons. The second-order valence-electron chi connectivity index (χ2n) is 7.93. The second kappa shape index (κ2) is 8.77. The number of hydrogen-bond acceptors (Lipinski definition) is 7. The Bertz CT molecular complexity index is 1120. The lowest BCUT2D eigenvalue weighted by molar-refractivity contribution is 0.252. The maximum Gasteiger partial charge on any atom is 0.225 e. The lowest BCUT2D eigenvalue weighted by Crippen LogP contribution is -2.47. The van der Waals surface area contributed by atoms with Crippen LogP contribution in [0.15, 0.2) is 59.2 Å². The first kappa shape index (κ1) is 19.6. The summed E-state index contributed by atoms with van der Waals surface area (Å²) in [6, 6.07) is 16.3. The molecule has 1 aliphatic rings. The number of nitrogens with two attached hydrogens (primary N) is 1. The number of nitrogen functional groups attached to an aromatic ring is 1. The summed E-state index contributed by atoms with van der Waals surface area (Å²) >= 11 is 0. The van der Waals surface area contributed by atoms with Gasteiger partial charge in [-0.2, -0.15) is 9.50 Å². The molecule has 31 heavy (non-hydrogen) atoms. The number of fused-ring (bicyclic) bond motifs is 1. The van der Waals surface area contributed by atoms with Crippen molar-refractivity contribution in [2.45, 2.75) is 19.3 Å². The summed E-state index contributed by atoms with van der Waals surface area (Å²) in [6.07, 6.45) is 5.21. The molecular formula is C23H27N7O. The predicted molar refractivity (Wildman–Crippen MR) is 121 cm³/mol. The largest absolute Gasteiger partial charge is 0.461 e. The molecule has 4 heterocycles. The molecular weight excluding hydrogens is 390 g/mol. The van der Waals surface area contributed by atoms with Crippen molar-refractivity contribution >= 4 is 17.4 Å². The number of aromatic nitrogens is 4. The smallest absolute Gasteiger partial charge is 0.225 e. The van der Waals surface area contributed by atoms with Crippen molar-refractivity contribution in [3.05, 3.63) is 60.4 Å². The molecule has 0 amide bonds. The van der Waals surface area contributed by atoms with Crippen molar-refractivity contribution in [1.29, 1.82) is 0 Å². The molecule has 1 fully saturated rings. The van der Waals surface area contributed by atoms with Crippen LogP contribution in [0, 0.1) is 0 Å². The number of anilines is 2. The number of nitrogens with zero attached hydrogens (tertiary/aromatic N) is 6. The lowest BCUT2D eigenvalue weighted by Gasteiger charge is -2.35. The van der Waals surface area contributed by atoms with Crippen LogP contribution >= 0.6 is 0 Å². The van der Waals surface area contributed by atoms with Crippen LogP contribution in [0.2, 0.25) is 0 Å². The highest BCUT2D eigenvalue weighted by atomic mass is 16.3. The molecule has 3 aromatic heterocycles. The Balaban J connectivity index is 1.16. The Morgan fingerprint density at radius 3 is 2.55 bits per heavy atom. The number of unbranched alkanes of at least 4 members (excludes halogenated alkanes) is 1. The minimum absolute atomic E-state index is 0.334. The highest BCUT2D eigenvalue weighted by Crippen LogP contribution is 2.22. The van der Waals surface area contributed by atoms with Gasteiger partial charge < -0.3 is 15.1 Å². The third-order valence-corrected chi connectivity index (χ3v) is 5.81. The summed E-state index contributed by atoms with van der Waals surface area (Å²) in [6.45, 7) is 5.07. The second-order valence-corrected chi connectivity index (χ2v) is 7.93. The van der Waals surface area contributed by atoms with Crippen molar-refractivity contribution in [1.82, 2.24) is 24.5 Å². The number of aryl methyl sites for hydroxylation is 1. The third-order valence-electron chi connectivity index (χ3n) is 5.81. The first-order chi connectivity index (χ1) is 15.3. The van der Waals surface area contributed by atoms with E-state index >= 15 is 0 Å². The molecule has 8 nitrogen and oxygen atoms in total. The number of benzene rings is 1. The van der Waals surface area contributed by atoms with E-state index in [-0.39, 0.29) is 0 Å². The molecule has 1 saturated heterocycles. The molecule has 0 saturated carbocycles. The predicted octanol–water partition coefficient (Wildman–Crippen LogP) is 3.11. The zero-order valence-corrected chi connectivity index (χ0v) is 17.5. The van der Waals surface area contributed by atoms with E-state index in [1.54, 1.807) is 10.8 Å². The highest BCUT2D eigenvalue weighted by molar-refractivity contribution is 5.59. The Morgan fingerprint density at radius 1 is 0.935 bits per heavy atom. The van der Waals surface area contributed by atoms with E-state index in [9.17, 15) is 0 Å². The highest BCUT2D eigenvalue weighted by Gasteiger charge is 2.20. The van der Waals surface area contributed by atoms with Gasteiger partial charge in [0.05, 0.1) is 6.26 Å². The van der Waals surface area contributed by atoms with Gasteiger partial charge >= 0.3 is 0 Å². The van der Waals surface area contributed by atoms with Gasteiger partial charge in [0.15, 0.2) is 11.4 Å². The number of hydrogen-bond donors (Lipinski definition) is 1. The molecule has 4 aromatic rings. The summed E-state index contributed by atoms with van der Waals surface area (Å²) in [7, 11) is 0. The fourth-order valence-corrected chi connectivity index (χ4v) is 4.08. The fraction of sp³-hybridized carbons (Fsp3) is 0.348. The maximum absolute atomic E-state index is 6.17. The normalized spacial score (nSPS) is 15.0. The Labute approximate surface area is 181 Å². The van der Waals surface area contributed by atoms with Crippen LogP contribution in [0.1, 0.15) is 18.4 Å². The summed E-state index contributed by atoms with van der Waals surface area (Å²) in [5.41, 5.74) is 8.27. The molecule has 5 rings (SSSR count). The van der Waals surface area contributed by atoms with Gasteiger partial charge in [-0.3, -0.25) is 4.90 Å². The quantitative estimate of drug-likeness (QED) is 0.462. The van der Waals surface area contributed by atoms with Crippen LogP contribution in [0.4, 0.5) is 11.8 Å². The summed E-state index contributed by atoms with van der Waals surface area (Å²) in [4.78, 5) is 13.9. The van der Waals surface area contributed by atoms with Gasteiger partial charge in [0.2, 0.25) is 11.8 Å². The number of rotatable bonds is 7. The molecule has 1 aliphatic heterocycles. The van der Waals surface area contributed by atoms with Crippen LogP contribution in [-0.4, -0.2) is 57.2 Å². The summed E-state index contributed by atoms with van der Waals surface area (Å²) in [5.74, 6) is 2.31. The van der Waals surface area contributed by atoms with Crippen LogP contribution in [-0.2, 0) is 6.42 Å². The van der Waals surface area contributed by atoms with Gasteiger partial charge in [-0.1, -0.05) is 30.3 Å². The van der Waals surface area contributed by atoms with E-state index in [1.165, 1.54) is 18.4 Å². The van der Waals surface area contributed by atoms with Gasteiger partial charge in [0, 0.05) is 32.2 Å². The molecule has 0 unspecified atom stereocenters. The van der Waals surface area contributed by atoms with E-state index in [2.05, 4.69) is 55.2 Å². The molecule has 0 spiro atoms. The minimum atomic E-state index is 0.334. The Morgan fingerprint density at radius 2 is 1.77 bits per heavy atom. The summed E-state index contributed by atoms with van der Waals surface area (Å²) in [5, 5.41) is 4.41. The first-order valence-electron chi connectivity index (χ1n) is 10.8. The number of piperazine rings is 1. The fourth-order valence-electron chi connectivity index (χ4n) is 4.08. The van der Waals surface area contributed by atoms with Gasteiger partial charge in [-0.05, 0) is 43.5 Å². The number of furan rings is 1. The van der Waals surface area contributed by atoms with Crippen LogP contribution in [0.25, 0.3) is 17.2 Å². The molecule has 1 aromatic carbocycles. The topological polar surface area (TPSA) is 88.7 Å². The summed E-state index contributed by atoms with van der Waals surface area (Å²) < 4.78 is 6.96. The Kier molecular flexibility index (Phi) is 5.54. The van der Waals surface area contributed by atoms with Gasteiger partial charge in [-0.25, -0.2) is 4.98 Å². The molecule has 160 valence electrons. The van der Waals surface area contributed by atoms with Crippen LogP contribution in [0.3, 0.4) is 0 Å². The van der Waals surface area contributed by atoms with E-state index in [0.29, 0.717) is 23.2 Å². The van der Waals surface area contributed by atoms with Crippen molar-refractivity contribution in [2.75, 3.05) is 43.4 Å². The van der Waals surface area contributed by atoms with E-state index in [4.69, 9.17) is 10.2 Å². The molecule has 2 N–H and O–H groups in total.